The first kappa shape index (κ1) is 18.1. The normalized spacial score (nSPS) is 15.2. The maximum Gasteiger partial charge on any atom is 0.407 e. The molecule has 0 heterocycles. The van der Waals surface area contributed by atoms with Crippen molar-refractivity contribution in [2.24, 2.45) is 5.73 Å². The van der Waals surface area contributed by atoms with E-state index in [9.17, 15) is 4.79 Å². The minimum absolute atomic E-state index is 0.351. The summed E-state index contributed by atoms with van der Waals surface area (Å²) in [6, 6.07) is 0. The molecule has 1 amide bonds. The van der Waals surface area contributed by atoms with Crippen LogP contribution in [-0.2, 0) is 9.47 Å². The monoisotopic (exact) mass is 308 g/mol. The van der Waals surface area contributed by atoms with Crippen molar-refractivity contribution in [2.75, 3.05) is 13.2 Å². The number of unbranched alkanes of at least 4 members (excludes halogenated alkanes) is 1. The molecule has 0 saturated carbocycles. The molecular formula is C17H28N2O3. The summed E-state index contributed by atoms with van der Waals surface area (Å²) in [5, 5.41) is 2.73. The number of nitrogens with two attached hydrogens (primary N) is 1. The van der Waals surface area contributed by atoms with Gasteiger partial charge in [-0.05, 0) is 44.9 Å². The van der Waals surface area contributed by atoms with Crippen LogP contribution in [0.15, 0.2) is 35.3 Å². The van der Waals surface area contributed by atoms with Crippen molar-refractivity contribution in [3.8, 4) is 0 Å². The molecule has 0 spiro atoms. The Balaban J connectivity index is 2.59. The van der Waals surface area contributed by atoms with Gasteiger partial charge in [0, 0.05) is 18.7 Å². The van der Waals surface area contributed by atoms with Crippen molar-refractivity contribution in [2.45, 2.75) is 52.6 Å². The minimum atomic E-state index is -0.509. The van der Waals surface area contributed by atoms with Crippen LogP contribution in [0.3, 0.4) is 0 Å². The van der Waals surface area contributed by atoms with Crippen LogP contribution in [0.4, 0.5) is 4.79 Å². The minimum Gasteiger partial charge on any atom is -0.498 e. The van der Waals surface area contributed by atoms with Crippen molar-refractivity contribution in [1.82, 2.24) is 5.32 Å². The van der Waals surface area contributed by atoms with Gasteiger partial charge in [0.25, 0.3) is 0 Å². The van der Waals surface area contributed by atoms with Crippen LogP contribution in [-0.4, -0.2) is 24.8 Å². The molecule has 0 aromatic carbocycles. The third-order valence-electron chi connectivity index (χ3n) is 2.86. The first-order valence-corrected chi connectivity index (χ1v) is 7.76. The van der Waals surface area contributed by atoms with Gasteiger partial charge in [-0.2, -0.15) is 0 Å². The van der Waals surface area contributed by atoms with Gasteiger partial charge in [0.15, 0.2) is 0 Å². The molecule has 5 nitrogen and oxygen atoms in total. The number of carbonyl (C=O) groups excluding carboxylic acids is 1. The fourth-order valence-corrected chi connectivity index (χ4v) is 1.84. The fraction of sp³-hybridized carbons (Fsp3) is 0.588. The highest BCUT2D eigenvalue weighted by Gasteiger charge is 2.16. The molecule has 0 aromatic heterocycles. The number of nitrogens with one attached hydrogen (secondary N) is 1. The lowest BCUT2D eigenvalue weighted by Gasteiger charge is -2.19. The maximum absolute atomic E-state index is 11.7. The maximum atomic E-state index is 11.7. The van der Waals surface area contributed by atoms with Crippen molar-refractivity contribution in [3.63, 3.8) is 0 Å². The summed E-state index contributed by atoms with van der Waals surface area (Å²) in [7, 11) is 0. The number of amides is 1. The van der Waals surface area contributed by atoms with Crippen molar-refractivity contribution in [3.05, 3.63) is 35.3 Å². The molecular weight excluding hydrogens is 280 g/mol. The summed E-state index contributed by atoms with van der Waals surface area (Å²) in [5.74, 6) is 0.867. The molecule has 1 aliphatic rings. The number of allylic oxidation sites excluding steroid dienone is 2. The van der Waals surface area contributed by atoms with E-state index >= 15 is 0 Å². The lowest BCUT2D eigenvalue weighted by atomic mass is 10.2. The molecule has 0 unspecified atom stereocenters. The van der Waals surface area contributed by atoms with Gasteiger partial charge in [0.1, 0.15) is 11.4 Å². The SMILES string of the molecule is CCCCOC1=CC(CNC(=O)OC(C)(C)C)=CC(N)=CC1. The van der Waals surface area contributed by atoms with Crippen LogP contribution in [0.1, 0.15) is 47.0 Å². The zero-order valence-electron chi connectivity index (χ0n) is 14.1. The van der Waals surface area contributed by atoms with E-state index in [0.29, 0.717) is 25.3 Å². The van der Waals surface area contributed by atoms with Crippen molar-refractivity contribution < 1.29 is 14.3 Å². The van der Waals surface area contributed by atoms with Crippen LogP contribution < -0.4 is 11.1 Å². The predicted molar refractivity (Wildman–Crippen MR) is 88.2 cm³/mol. The highest BCUT2D eigenvalue weighted by molar-refractivity contribution is 5.68. The first-order chi connectivity index (χ1) is 10.3. The lowest BCUT2D eigenvalue weighted by Crippen LogP contribution is -2.33. The van der Waals surface area contributed by atoms with Crippen molar-refractivity contribution in [1.29, 1.82) is 0 Å². The molecule has 0 aromatic rings. The van der Waals surface area contributed by atoms with Crippen LogP contribution in [0.5, 0.6) is 0 Å². The smallest absolute Gasteiger partial charge is 0.407 e. The largest absolute Gasteiger partial charge is 0.498 e. The average molecular weight is 308 g/mol. The van der Waals surface area contributed by atoms with E-state index in [-0.39, 0.29) is 0 Å². The van der Waals surface area contributed by atoms with E-state index in [4.69, 9.17) is 15.2 Å². The fourth-order valence-electron chi connectivity index (χ4n) is 1.84. The number of carbonyl (C=O) groups is 1. The second-order valence-corrected chi connectivity index (χ2v) is 6.30. The summed E-state index contributed by atoms with van der Waals surface area (Å²) in [4.78, 5) is 11.7. The number of alkyl carbamates (subject to hydrolysis) is 1. The topological polar surface area (TPSA) is 73.6 Å². The molecule has 0 bridgehead atoms. The number of hydrogen-bond acceptors (Lipinski definition) is 4. The van der Waals surface area contributed by atoms with Gasteiger partial charge in [-0.3, -0.25) is 0 Å². The standard InChI is InChI=1S/C17H28N2O3/c1-5-6-9-21-15-8-7-14(18)10-13(11-15)12-19-16(20)22-17(2,3)4/h7,10-11H,5-6,8-9,12,18H2,1-4H3,(H,19,20). The van der Waals surface area contributed by atoms with Gasteiger partial charge in [-0.15, -0.1) is 0 Å². The Kier molecular flexibility index (Phi) is 7.02. The Morgan fingerprint density at radius 1 is 1.36 bits per heavy atom. The Morgan fingerprint density at radius 3 is 2.73 bits per heavy atom. The molecule has 0 fully saturated rings. The van der Waals surface area contributed by atoms with Gasteiger partial charge in [-0.25, -0.2) is 4.79 Å². The zero-order chi connectivity index (χ0) is 16.6. The molecule has 0 aliphatic heterocycles. The van der Waals surface area contributed by atoms with Gasteiger partial charge in [0.2, 0.25) is 0 Å². The Morgan fingerprint density at radius 2 is 2.09 bits per heavy atom. The Bertz CT molecular complexity index is 471. The quantitative estimate of drug-likeness (QED) is 0.738. The average Bonchev–Trinajstić information content (AvgIpc) is 2.57. The summed E-state index contributed by atoms with van der Waals surface area (Å²) < 4.78 is 11.0. The van der Waals surface area contributed by atoms with E-state index in [2.05, 4.69) is 12.2 Å². The highest BCUT2D eigenvalue weighted by Crippen LogP contribution is 2.16. The molecule has 1 rings (SSSR count). The molecule has 124 valence electrons. The van der Waals surface area contributed by atoms with E-state index in [0.717, 1.165) is 24.2 Å². The van der Waals surface area contributed by atoms with Crippen LogP contribution in [0, 0.1) is 0 Å². The molecule has 0 atom stereocenters. The third kappa shape index (κ3) is 7.76. The molecule has 1 aliphatic carbocycles. The van der Waals surface area contributed by atoms with Gasteiger partial charge in [0.05, 0.1) is 6.61 Å². The molecule has 5 heteroatoms. The molecule has 0 saturated heterocycles. The van der Waals surface area contributed by atoms with Crippen LogP contribution >= 0.6 is 0 Å². The van der Waals surface area contributed by atoms with E-state index in [1.54, 1.807) is 0 Å². The van der Waals surface area contributed by atoms with Crippen molar-refractivity contribution >= 4 is 6.09 Å². The molecule has 3 N–H and O–H groups in total. The highest BCUT2D eigenvalue weighted by atomic mass is 16.6. The summed E-state index contributed by atoms with van der Waals surface area (Å²) in [5.41, 5.74) is 6.96. The Hall–Kier alpha value is -1.91. The molecule has 0 radical (unpaired) electrons. The van der Waals surface area contributed by atoms with Gasteiger partial charge < -0.3 is 20.5 Å². The zero-order valence-corrected chi connectivity index (χ0v) is 14.1. The van der Waals surface area contributed by atoms with Crippen LogP contribution in [0.25, 0.3) is 0 Å². The summed E-state index contributed by atoms with van der Waals surface area (Å²) in [6.45, 7) is 8.67. The Labute approximate surface area is 133 Å². The number of hydrogen-bond donors (Lipinski definition) is 2. The third-order valence-corrected chi connectivity index (χ3v) is 2.86. The number of rotatable bonds is 6. The van der Waals surface area contributed by atoms with E-state index in [1.807, 2.05) is 39.0 Å². The lowest BCUT2D eigenvalue weighted by molar-refractivity contribution is 0.0533. The summed E-state index contributed by atoms with van der Waals surface area (Å²) in [6.07, 6.45) is 8.03. The van der Waals surface area contributed by atoms with Gasteiger partial charge >= 0.3 is 6.09 Å². The second-order valence-electron chi connectivity index (χ2n) is 6.30. The van der Waals surface area contributed by atoms with Gasteiger partial charge in [-0.1, -0.05) is 19.4 Å². The summed E-state index contributed by atoms with van der Waals surface area (Å²) >= 11 is 0. The van der Waals surface area contributed by atoms with E-state index < -0.39 is 11.7 Å². The first-order valence-electron chi connectivity index (χ1n) is 7.76. The number of ether oxygens (including phenoxy) is 2. The molecule has 22 heavy (non-hydrogen) atoms. The van der Waals surface area contributed by atoms with Crippen LogP contribution in [0.2, 0.25) is 0 Å². The second kappa shape index (κ2) is 8.51. The van der Waals surface area contributed by atoms with E-state index in [1.165, 1.54) is 0 Å². The predicted octanol–water partition coefficient (Wildman–Crippen LogP) is 3.38.